The molecule has 0 spiro atoms. The summed E-state index contributed by atoms with van der Waals surface area (Å²) >= 11 is 0. The number of hydrogen-bond acceptors (Lipinski definition) is 8. The number of ether oxygens (including phenoxy) is 2. The number of hydrogen-bond donors (Lipinski definition) is 4. The number of allylic oxidation sites excluding steroid dienone is 4. The summed E-state index contributed by atoms with van der Waals surface area (Å²) in [4.78, 5) is 63.1. The predicted octanol–water partition coefficient (Wildman–Crippen LogP) is 7.27. The molecule has 0 saturated heterocycles. The van der Waals surface area contributed by atoms with Gasteiger partial charge in [-0.05, 0) is 122 Å². The molecule has 4 N–H and O–H groups in total. The van der Waals surface area contributed by atoms with Crippen molar-refractivity contribution in [2.75, 3.05) is 14.2 Å². The van der Waals surface area contributed by atoms with Crippen LogP contribution in [0.15, 0.2) is 36.8 Å². The van der Waals surface area contributed by atoms with Crippen LogP contribution in [0.4, 0.5) is 0 Å². The average Bonchev–Trinajstić information content (AvgIpc) is 3.96. The monoisotopic (exact) mass is 731 g/mol. The van der Waals surface area contributed by atoms with Crippen molar-refractivity contribution in [1.82, 2.24) is 35.2 Å². The molecule has 0 saturated carbocycles. The van der Waals surface area contributed by atoms with Crippen LogP contribution in [0.1, 0.15) is 104 Å². The van der Waals surface area contributed by atoms with Crippen LogP contribution in [0.2, 0.25) is 0 Å². The topological polar surface area (TPSA) is 168 Å². The molecule has 54 heavy (non-hydrogen) atoms. The number of nitrogens with one attached hydrogen (secondary N) is 4. The minimum atomic E-state index is -0.870. The Morgan fingerprint density at radius 2 is 1.28 bits per heavy atom. The van der Waals surface area contributed by atoms with Crippen LogP contribution in [0.25, 0.3) is 44.4 Å². The highest BCUT2D eigenvalue weighted by atomic mass is 16.5. The highest BCUT2D eigenvalue weighted by Crippen LogP contribution is 2.38. The van der Waals surface area contributed by atoms with E-state index in [2.05, 4.69) is 71.1 Å². The van der Waals surface area contributed by atoms with E-state index in [-0.39, 0.29) is 31.1 Å². The molecule has 1 amide bonds. The third-order valence-electron chi connectivity index (χ3n) is 10.7. The number of fused-ring (bicyclic) bond motifs is 8. The number of nitrogens with zero attached hydrogens (tertiary/aromatic N) is 3. The molecule has 1 atom stereocenters. The lowest BCUT2D eigenvalue weighted by atomic mass is 9.98. The van der Waals surface area contributed by atoms with Gasteiger partial charge in [0.2, 0.25) is 5.91 Å². The van der Waals surface area contributed by atoms with Crippen molar-refractivity contribution < 1.29 is 23.9 Å². The molecule has 6 rings (SSSR count). The Bertz CT molecular complexity index is 2340. The van der Waals surface area contributed by atoms with Gasteiger partial charge in [0.15, 0.2) is 0 Å². The van der Waals surface area contributed by atoms with Crippen LogP contribution < -0.4 is 5.32 Å². The highest BCUT2D eigenvalue weighted by Gasteiger charge is 2.25. The first-order valence-corrected chi connectivity index (χ1v) is 18.5. The number of rotatable bonds is 12. The second-order valence-corrected chi connectivity index (χ2v) is 13.9. The molecule has 4 aromatic heterocycles. The summed E-state index contributed by atoms with van der Waals surface area (Å²) in [7, 11) is 2.70. The number of methoxy groups -OCH3 is 2. The highest BCUT2D eigenvalue weighted by molar-refractivity contribution is 5.97. The average molecular weight is 732 g/mol. The molecule has 0 unspecified atom stereocenters. The summed E-state index contributed by atoms with van der Waals surface area (Å²) in [6.45, 7) is 12.7. The summed E-state index contributed by atoms with van der Waals surface area (Å²) in [5, 5.41) is 2.86. The SMILES string of the molecule is CCc1c(C)c2cc3[nH]c(cc4nc(cc5nc(cc1[nH]2)C(C)=C5CCC(=O)OC)C(CCC(=O)N[C@@H](Cc1cnc[nH]1)C(=O)OC)=C4C)c(C)c3CC. The lowest BCUT2D eigenvalue weighted by molar-refractivity contribution is -0.145. The Labute approximate surface area is 314 Å². The molecule has 6 heterocycles. The van der Waals surface area contributed by atoms with E-state index in [0.29, 0.717) is 24.2 Å². The van der Waals surface area contributed by atoms with Crippen molar-refractivity contribution >= 4 is 62.2 Å². The van der Waals surface area contributed by atoms with Crippen LogP contribution in [0.3, 0.4) is 0 Å². The number of carbonyl (C=O) groups excluding carboxylic acids is 3. The zero-order valence-electron chi connectivity index (χ0n) is 32.4. The van der Waals surface area contributed by atoms with Gasteiger partial charge in [0.05, 0.1) is 43.3 Å². The van der Waals surface area contributed by atoms with E-state index in [9.17, 15) is 14.4 Å². The molecule has 0 aliphatic carbocycles. The number of carbonyl (C=O) groups is 3. The summed E-state index contributed by atoms with van der Waals surface area (Å²) in [6.07, 6.45) is 6.19. The summed E-state index contributed by atoms with van der Waals surface area (Å²) in [6, 6.07) is 7.48. The standard InChI is InChI=1S/C42H49N7O5/c1-9-27-22(3)31-16-32-24(5)29(11-13-40(50)49-39(42(52)54-8)15-26-20-43-21-44-26)37(47-32)19-38-30(12-14-41(51)53-7)25(6)34(48-38)18-36-28(10-2)23(4)33(46-36)17-35(27)45-31/h16-21,39,45-46H,9-15H2,1-8H3,(H,43,44)(H,49,50)/t39-/m0/s1. The third kappa shape index (κ3) is 7.64. The van der Waals surface area contributed by atoms with Gasteiger partial charge in [0.1, 0.15) is 6.04 Å². The molecular weight excluding hydrogens is 683 g/mol. The van der Waals surface area contributed by atoms with Crippen molar-refractivity contribution in [3.63, 3.8) is 0 Å². The molecule has 282 valence electrons. The third-order valence-corrected chi connectivity index (χ3v) is 10.7. The Balaban J connectivity index is 1.51. The quantitative estimate of drug-likeness (QED) is 0.110. The minimum absolute atomic E-state index is 0.111. The predicted molar refractivity (Wildman–Crippen MR) is 211 cm³/mol. The van der Waals surface area contributed by atoms with E-state index < -0.39 is 12.0 Å². The normalized spacial score (nSPS) is 13.3. The molecule has 0 radical (unpaired) electrons. The number of esters is 2. The maximum absolute atomic E-state index is 13.4. The second kappa shape index (κ2) is 16.1. The fraction of sp³-hybridized carbons (Fsp3) is 0.381. The van der Waals surface area contributed by atoms with E-state index in [1.165, 1.54) is 37.2 Å². The Morgan fingerprint density at radius 3 is 1.81 bits per heavy atom. The number of amides is 1. The van der Waals surface area contributed by atoms with Crippen molar-refractivity contribution in [2.24, 2.45) is 0 Å². The molecule has 8 bridgehead atoms. The number of imidazole rings is 1. The molecule has 0 fully saturated rings. The number of H-pyrrole nitrogens is 3. The fourth-order valence-corrected chi connectivity index (χ4v) is 7.54. The van der Waals surface area contributed by atoms with E-state index in [1.807, 2.05) is 19.9 Å². The summed E-state index contributed by atoms with van der Waals surface area (Å²) in [5.74, 6) is -1.13. The lowest BCUT2D eigenvalue weighted by Gasteiger charge is -2.16. The Kier molecular flexibility index (Phi) is 11.3. The van der Waals surface area contributed by atoms with E-state index in [4.69, 9.17) is 19.4 Å². The van der Waals surface area contributed by atoms with Crippen molar-refractivity contribution in [1.29, 1.82) is 0 Å². The molecule has 4 aromatic rings. The minimum Gasteiger partial charge on any atom is -0.469 e. The maximum atomic E-state index is 13.4. The van der Waals surface area contributed by atoms with Crippen molar-refractivity contribution in [3.8, 4) is 0 Å². The molecule has 2 aliphatic rings. The first-order valence-electron chi connectivity index (χ1n) is 18.5. The number of aromatic amines is 3. The van der Waals surface area contributed by atoms with Gasteiger partial charge < -0.3 is 29.7 Å². The number of aryl methyl sites for hydroxylation is 4. The smallest absolute Gasteiger partial charge is 0.328 e. The number of aromatic nitrogens is 6. The summed E-state index contributed by atoms with van der Waals surface area (Å²) < 4.78 is 9.98. The molecule has 12 nitrogen and oxygen atoms in total. The van der Waals surface area contributed by atoms with Crippen LogP contribution >= 0.6 is 0 Å². The van der Waals surface area contributed by atoms with E-state index >= 15 is 0 Å². The zero-order valence-corrected chi connectivity index (χ0v) is 32.4. The van der Waals surface area contributed by atoms with Crippen molar-refractivity contribution in [2.45, 2.75) is 92.5 Å². The van der Waals surface area contributed by atoms with Gasteiger partial charge in [0.25, 0.3) is 0 Å². The van der Waals surface area contributed by atoms with Crippen LogP contribution in [-0.2, 0) is 43.1 Å². The van der Waals surface area contributed by atoms with E-state index in [0.717, 1.165) is 79.8 Å². The van der Waals surface area contributed by atoms with Gasteiger partial charge in [-0.1, -0.05) is 13.8 Å². The van der Waals surface area contributed by atoms with Gasteiger partial charge in [-0.25, -0.2) is 19.7 Å². The second-order valence-electron chi connectivity index (χ2n) is 13.9. The fourth-order valence-electron chi connectivity index (χ4n) is 7.54. The summed E-state index contributed by atoms with van der Waals surface area (Å²) in [5.41, 5.74) is 16.3. The molecule has 12 heteroatoms. The lowest BCUT2D eigenvalue weighted by Crippen LogP contribution is -2.43. The Morgan fingerprint density at radius 1 is 0.722 bits per heavy atom. The van der Waals surface area contributed by atoms with Gasteiger partial charge in [-0.2, -0.15) is 0 Å². The molecule has 0 aromatic carbocycles. The molecule has 2 aliphatic heterocycles. The van der Waals surface area contributed by atoms with Gasteiger partial charge >= 0.3 is 11.9 Å². The maximum Gasteiger partial charge on any atom is 0.328 e. The van der Waals surface area contributed by atoms with Gasteiger partial charge in [-0.15, -0.1) is 0 Å². The van der Waals surface area contributed by atoms with Gasteiger partial charge in [-0.3, -0.25) is 9.59 Å². The van der Waals surface area contributed by atoms with E-state index in [1.54, 1.807) is 6.20 Å². The van der Waals surface area contributed by atoms with Crippen LogP contribution in [-0.4, -0.2) is 68.0 Å². The Hall–Kier alpha value is -5.78. The van der Waals surface area contributed by atoms with Crippen LogP contribution in [0.5, 0.6) is 0 Å². The molecular formula is C42H49N7O5. The first kappa shape index (κ1) is 38.0. The van der Waals surface area contributed by atoms with Crippen molar-refractivity contribution in [3.05, 3.63) is 87.5 Å². The zero-order chi connectivity index (χ0) is 38.7. The first-order chi connectivity index (χ1) is 26.0. The van der Waals surface area contributed by atoms with Crippen LogP contribution in [0, 0.1) is 13.8 Å². The van der Waals surface area contributed by atoms with Gasteiger partial charge in [0, 0.05) is 53.2 Å². The largest absolute Gasteiger partial charge is 0.469 e.